The van der Waals surface area contributed by atoms with Gasteiger partial charge in [0.05, 0.1) is 0 Å². The highest BCUT2D eigenvalue weighted by molar-refractivity contribution is 5.79. The molecular formula is C6H12NO. The quantitative estimate of drug-likeness (QED) is 0.564. The molecule has 2 nitrogen and oxygen atoms in total. The van der Waals surface area contributed by atoms with E-state index in [4.69, 9.17) is 5.73 Å². The van der Waals surface area contributed by atoms with Crippen LogP contribution in [0.2, 0.25) is 0 Å². The molecule has 0 aliphatic rings. The summed E-state index contributed by atoms with van der Waals surface area (Å²) in [6.45, 7) is 7.14. The Morgan fingerprint density at radius 3 is 2.12 bits per heavy atom. The van der Waals surface area contributed by atoms with Crippen LogP contribution in [0, 0.1) is 12.3 Å². The summed E-state index contributed by atoms with van der Waals surface area (Å²) in [5, 5.41) is 0. The molecule has 2 N–H and O–H groups in total. The summed E-state index contributed by atoms with van der Waals surface area (Å²) in [5.41, 5.74) is 4.57. The van der Waals surface area contributed by atoms with Gasteiger partial charge in [-0.1, -0.05) is 20.8 Å². The summed E-state index contributed by atoms with van der Waals surface area (Å²) >= 11 is 0. The van der Waals surface area contributed by atoms with Gasteiger partial charge in [0, 0.05) is 5.41 Å². The highest BCUT2D eigenvalue weighted by atomic mass is 16.1. The zero-order valence-corrected chi connectivity index (χ0v) is 5.40. The van der Waals surface area contributed by atoms with Crippen molar-refractivity contribution in [2.75, 3.05) is 0 Å². The minimum absolute atomic E-state index is 0.285. The maximum absolute atomic E-state index is 10.4. The van der Waals surface area contributed by atoms with E-state index in [1.807, 2.05) is 0 Å². The molecular weight excluding hydrogens is 102 g/mol. The Kier molecular flexibility index (Phi) is 2.02. The molecule has 0 aliphatic carbocycles. The van der Waals surface area contributed by atoms with Gasteiger partial charge in [-0.3, -0.25) is 4.79 Å². The summed E-state index contributed by atoms with van der Waals surface area (Å²) in [4.78, 5) is 10.4. The number of carbonyl (C=O) groups excluding carboxylic acids is 1. The molecule has 0 unspecified atom stereocenters. The second-order valence-corrected chi connectivity index (χ2v) is 2.50. The van der Waals surface area contributed by atoms with E-state index in [2.05, 4.69) is 6.92 Å². The number of carbonyl (C=O) groups is 1. The van der Waals surface area contributed by atoms with E-state index in [0.29, 0.717) is 6.42 Å². The molecule has 0 fully saturated rings. The van der Waals surface area contributed by atoms with Gasteiger partial charge in [-0.2, -0.15) is 0 Å². The zero-order chi connectivity index (χ0) is 6.78. The van der Waals surface area contributed by atoms with Gasteiger partial charge >= 0.3 is 0 Å². The van der Waals surface area contributed by atoms with Gasteiger partial charge < -0.3 is 5.73 Å². The molecule has 0 aromatic carbocycles. The first-order valence-corrected chi connectivity index (χ1v) is 2.60. The third-order valence-corrected chi connectivity index (χ3v) is 1.29. The Balaban J connectivity index is 3.91. The predicted molar refractivity (Wildman–Crippen MR) is 32.9 cm³/mol. The number of primary amides is 1. The summed E-state index contributed by atoms with van der Waals surface area (Å²) in [5.74, 6) is -0.285. The molecule has 0 rings (SSSR count). The summed E-state index contributed by atoms with van der Waals surface area (Å²) in [6, 6.07) is 0. The average molecular weight is 114 g/mol. The Morgan fingerprint density at radius 1 is 1.75 bits per heavy atom. The van der Waals surface area contributed by atoms with Gasteiger partial charge in [-0.25, -0.2) is 0 Å². The van der Waals surface area contributed by atoms with E-state index < -0.39 is 5.41 Å². The Bertz CT molecular complexity index is 96.7. The van der Waals surface area contributed by atoms with Crippen molar-refractivity contribution >= 4 is 5.91 Å². The lowest BCUT2D eigenvalue weighted by Crippen LogP contribution is -2.30. The molecule has 0 spiro atoms. The number of rotatable bonds is 2. The van der Waals surface area contributed by atoms with Crippen LogP contribution in [-0.4, -0.2) is 5.91 Å². The minimum Gasteiger partial charge on any atom is -0.369 e. The van der Waals surface area contributed by atoms with Crippen LogP contribution in [0.1, 0.15) is 20.3 Å². The van der Waals surface area contributed by atoms with Gasteiger partial charge in [-0.15, -0.1) is 0 Å². The lowest BCUT2D eigenvalue weighted by Gasteiger charge is -2.16. The van der Waals surface area contributed by atoms with E-state index in [-0.39, 0.29) is 5.91 Å². The Morgan fingerprint density at radius 2 is 2.12 bits per heavy atom. The van der Waals surface area contributed by atoms with Gasteiger partial charge in [0.1, 0.15) is 0 Å². The molecule has 0 atom stereocenters. The maximum atomic E-state index is 10.4. The summed E-state index contributed by atoms with van der Waals surface area (Å²) < 4.78 is 0. The minimum atomic E-state index is -0.431. The number of hydrogen-bond acceptors (Lipinski definition) is 1. The summed E-state index contributed by atoms with van der Waals surface area (Å²) in [6.07, 6.45) is 0.558. The highest BCUT2D eigenvalue weighted by Crippen LogP contribution is 2.17. The van der Waals surface area contributed by atoms with Crippen LogP contribution < -0.4 is 5.73 Å². The van der Waals surface area contributed by atoms with Crippen molar-refractivity contribution < 1.29 is 4.79 Å². The fourth-order valence-corrected chi connectivity index (χ4v) is 0.123. The van der Waals surface area contributed by atoms with Crippen LogP contribution in [-0.2, 0) is 4.79 Å². The van der Waals surface area contributed by atoms with Crippen molar-refractivity contribution in [3.05, 3.63) is 6.92 Å². The molecule has 2 heteroatoms. The predicted octanol–water partition coefficient (Wildman–Crippen LogP) is 0.722. The van der Waals surface area contributed by atoms with E-state index >= 15 is 0 Å². The van der Waals surface area contributed by atoms with Crippen LogP contribution in [0.3, 0.4) is 0 Å². The first-order chi connectivity index (χ1) is 3.50. The highest BCUT2D eigenvalue weighted by Gasteiger charge is 2.21. The van der Waals surface area contributed by atoms with Crippen LogP contribution >= 0.6 is 0 Å². The fraction of sp³-hybridized carbons (Fsp3) is 0.667. The zero-order valence-electron chi connectivity index (χ0n) is 5.40. The van der Waals surface area contributed by atoms with E-state index in [1.54, 1.807) is 13.8 Å². The normalized spacial score (nSPS) is 11.4. The van der Waals surface area contributed by atoms with E-state index in [9.17, 15) is 4.79 Å². The van der Waals surface area contributed by atoms with Crippen LogP contribution in [0.5, 0.6) is 0 Å². The third kappa shape index (κ3) is 1.52. The largest absolute Gasteiger partial charge is 0.369 e. The number of hydrogen-bond donors (Lipinski definition) is 1. The molecule has 0 saturated carbocycles. The van der Waals surface area contributed by atoms with Crippen LogP contribution in [0.25, 0.3) is 0 Å². The average Bonchev–Trinajstić information content (AvgIpc) is 1.67. The molecule has 0 aromatic heterocycles. The Hall–Kier alpha value is -0.530. The SMILES string of the molecule is [CH2]CC(C)(C)C(N)=O. The maximum Gasteiger partial charge on any atom is 0.223 e. The van der Waals surface area contributed by atoms with E-state index in [1.165, 1.54) is 0 Å². The first kappa shape index (κ1) is 7.47. The third-order valence-electron chi connectivity index (χ3n) is 1.29. The smallest absolute Gasteiger partial charge is 0.223 e. The van der Waals surface area contributed by atoms with Gasteiger partial charge in [-0.05, 0) is 6.42 Å². The Labute approximate surface area is 50.1 Å². The standard InChI is InChI=1S/C6H12NO/c1-4-6(2,3)5(7)8/h1,4H2,2-3H3,(H2,7,8). The molecule has 0 bridgehead atoms. The monoisotopic (exact) mass is 114 g/mol. The van der Waals surface area contributed by atoms with Gasteiger partial charge in [0.25, 0.3) is 0 Å². The second kappa shape index (κ2) is 2.16. The topological polar surface area (TPSA) is 43.1 Å². The molecule has 8 heavy (non-hydrogen) atoms. The molecule has 0 aromatic rings. The molecule has 1 radical (unpaired) electrons. The van der Waals surface area contributed by atoms with Crippen molar-refractivity contribution in [3.63, 3.8) is 0 Å². The van der Waals surface area contributed by atoms with Crippen LogP contribution in [0.15, 0.2) is 0 Å². The molecule has 47 valence electrons. The van der Waals surface area contributed by atoms with Gasteiger partial charge in [0.15, 0.2) is 0 Å². The van der Waals surface area contributed by atoms with Crippen molar-refractivity contribution in [2.24, 2.45) is 11.1 Å². The molecule has 0 heterocycles. The van der Waals surface area contributed by atoms with Crippen molar-refractivity contribution in [1.29, 1.82) is 0 Å². The fourth-order valence-electron chi connectivity index (χ4n) is 0.123. The van der Waals surface area contributed by atoms with Crippen molar-refractivity contribution in [2.45, 2.75) is 20.3 Å². The lowest BCUT2D eigenvalue weighted by molar-refractivity contribution is -0.125. The van der Waals surface area contributed by atoms with Crippen molar-refractivity contribution in [3.8, 4) is 0 Å². The number of nitrogens with two attached hydrogens (primary N) is 1. The molecule has 1 amide bonds. The van der Waals surface area contributed by atoms with E-state index in [0.717, 1.165) is 0 Å². The lowest BCUT2D eigenvalue weighted by atomic mass is 9.90. The number of amides is 1. The van der Waals surface area contributed by atoms with Crippen LogP contribution in [0.4, 0.5) is 0 Å². The summed E-state index contributed by atoms with van der Waals surface area (Å²) in [7, 11) is 0. The first-order valence-electron chi connectivity index (χ1n) is 2.60. The molecule has 0 saturated heterocycles. The van der Waals surface area contributed by atoms with Crippen molar-refractivity contribution in [1.82, 2.24) is 0 Å². The molecule has 0 aliphatic heterocycles. The van der Waals surface area contributed by atoms with Gasteiger partial charge in [0.2, 0.25) is 5.91 Å². The second-order valence-electron chi connectivity index (χ2n) is 2.50.